The maximum absolute atomic E-state index is 12.7. The predicted molar refractivity (Wildman–Crippen MR) is 111 cm³/mol. The minimum absolute atomic E-state index is 0.0416. The van der Waals surface area contributed by atoms with Gasteiger partial charge in [0.1, 0.15) is 0 Å². The molecule has 2 heterocycles. The smallest absolute Gasteiger partial charge is 0.449 e. The summed E-state index contributed by atoms with van der Waals surface area (Å²) < 4.78 is 47.5. The number of unbranched alkanes of at least 4 members (excludes halogenated alkanes) is 3. The molecule has 1 fully saturated rings. The number of nitrogens with zero attached hydrogens (tertiary/aromatic N) is 1. The molecule has 1 amide bonds. The van der Waals surface area contributed by atoms with Crippen molar-refractivity contribution in [2.75, 3.05) is 13.2 Å². The molecule has 1 aromatic rings. The summed E-state index contributed by atoms with van der Waals surface area (Å²) in [4.78, 5) is 38.0. The van der Waals surface area contributed by atoms with E-state index in [1.54, 1.807) is 17.9 Å². The summed E-state index contributed by atoms with van der Waals surface area (Å²) >= 11 is 0. The van der Waals surface area contributed by atoms with Crippen molar-refractivity contribution in [1.29, 1.82) is 0 Å². The van der Waals surface area contributed by atoms with Crippen LogP contribution in [0.1, 0.15) is 82.0 Å². The maximum Gasteiger partial charge on any atom is 0.449 e. The Kier molecular flexibility index (Phi) is 8.69. The molecule has 6 nitrogen and oxygen atoms in total. The number of hydrogen-bond donors (Lipinski definition) is 0. The number of allylic oxidation sites excluding steroid dienone is 2. The van der Waals surface area contributed by atoms with Crippen LogP contribution in [0.3, 0.4) is 0 Å². The summed E-state index contributed by atoms with van der Waals surface area (Å²) in [7, 11) is 0. The van der Waals surface area contributed by atoms with Gasteiger partial charge in [0.15, 0.2) is 5.76 Å². The first-order valence-electron chi connectivity index (χ1n) is 10.8. The van der Waals surface area contributed by atoms with Gasteiger partial charge in [-0.05, 0) is 31.9 Å². The van der Waals surface area contributed by atoms with E-state index in [9.17, 15) is 27.6 Å². The molecule has 1 aliphatic heterocycles. The Morgan fingerprint density at radius 2 is 1.88 bits per heavy atom. The highest BCUT2D eigenvalue weighted by atomic mass is 19.4. The molecule has 0 aliphatic carbocycles. The SMILES string of the molecule is CCOC(=O)CCCCCCN1C(=O)C(C)(C)CC1=CCC(=O)c1ccc(C(F)(F)F)o1. The number of ether oxygens (including phenoxy) is 1. The lowest BCUT2D eigenvalue weighted by Crippen LogP contribution is -2.31. The van der Waals surface area contributed by atoms with Gasteiger partial charge in [-0.25, -0.2) is 0 Å². The molecule has 0 radical (unpaired) electrons. The molecule has 0 aromatic carbocycles. The molecule has 0 bridgehead atoms. The normalized spacial score (nSPS) is 17.2. The van der Waals surface area contributed by atoms with Gasteiger partial charge in [0.25, 0.3) is 0 Å². The number of ketones is 1. The minimum Gasteiger partial charge on any atom is -0.466 e. The number of halogens is 3. The third-order valence-electron chi connectivity index (χ3n) is 5.30. The third-order valence-corrected chi connectivity index (χ3v) is 5.30. The van der Waals surface area contributed by atoms with Crippen molar-refractivity contribution in [3.05, 3.63) is 35.4 Å². The van der Waals surface area contributed by atoms with Crippen LogP contribution >= 0.6 is 0 Å². The van der Waals surface area contributed by atoms with E-state index in [-0.39, 0.29) is 24.1 Å². The van der Waals surface area contributed by atoms with Gasteiger partial charge in [0.05, 0.1) is 6.61 Å². The average Bonchev–Trinajstić information content (AvgIpc) is 3.28. The predicted octanol–water partition coefficient (Wildman–Crippen LogP) is 5.53. The topological polar surface area (TPSA) is 76.8 Å². The highest BCUT2D eigenvalue weighted by molar-refractivity contribution is 5.95. The lowest BCUT2D eigenvalue weighted by Gasteiger charge is -2.20. The second-order valence-electron chi connectivity index (χ2n) is 8.47. The van der Waals surface area contributed by atoms with Crippen LogP contribution in [0.15, 0.2) is 28.3 Å². The molecule has 1 saturated heterocycles. The van der Waals surface area contributed by atoms with Crippen LogP contribution in [0.5, 0.6) is 0 Å². The lowest BCUT2D eigenvalue weighted by atomic mass is 9.91. The fraction of sp³-hybridized carbons (Fsp3) is 0.609. The number of Topliss-reactive ketones (excluding diaryl/α,β-unsaturated/α-hetero) is 1. The largest absolute Gasteiger partial charge is 0.466 e. The number of hydrogen-bond acceptors (Lipinski definition) is 5. The van der Waals surface area contributed by atoms with Crippen molar-refractivity contribution in [1.82, 2.24) is 4.90 Å². The Morgan fingerprint density at radius 3 is 2.50 bits per heavy atom. The van der Waals surface area contributed by atoms with Crippen LogP contribution in [0, 0.1) is 5.41 Å². The zero-order valence-corrected chi connectivity index (χ0v) is 18.7. The molecule has 9 heteroatoms. The lowest BCUT2D eigenvalue weighted by molar-refractivity contribution is -0.153. The zero-order valence-electron chi connectivity index (χ0n) is 18.7. The number of esters is 1. The van der Waals surface area contributed by atoms with Gasteiger partial charge < -0.3 is 14.1 Å². The molecule has 1 aromatic heterocycles. The number of carbonyl (C=O) groups excluding carboxylic acids is 3. The van der Waals surface area contributed by atoms with Gasteiger partial charge in [-0.1, -0.05) is 32.8 Å². The Balaban J connectivity index is 1.91. The Morgan fingerprint density at radius 1 is 1.19 bits per heavy atom. The first-order valence-corrected chi connectivity index (χ1v) is 10.8. The standard InChI is InChI=1S/C23H30F3NO5/c1-4-31-20(29)9-7-5-6-8-14-27-16(15-22(2,3)21(27)30)10-11-17(28)18-12-13-19(32-18)23(24,25)26/h10,12-13H,4-9,11,14-15H2,1-3H3. The van der Waals surface area contributed by atoms with E-state index in [2.05, 4.69) is 4.42 Å². The summed E-state index contributed by atoms with van der Waals surface area (Å²) in [5.41, 5.74) is 0.0925. The molecule has 0 unspecified atom stereocenters. The number of rotatable bonds is 11. The van der Waals surface area contributed by atoms with Crippen LogP contribution in [-0.2, 0) is 20.5 Å². The van der Waals surface area contributed by atoms with E-state index in [1.807, 2.05) is 13.8 Å². The second-order valence-corrected chi connectivity index (χ2v) is 8.47. The van der Waals surface area contributed by atoms with Crippen LogP contribution < -0.4 is 0 Å². The highest BCUT2D eigenvalue weighted by Gasteiger charge is 2.41. The van der Waals surface area contributed by atoms with Gasteiger partial charge in [0.2, 0.25) is 17.5 Å². The van der Waals surface area contributed by atoms with Crippen LogP contribution in [-0.4, -0.2) is 35.7 Å². The molecule has 2 rings (SSSR count). The Labute approximate surface area is 185 Å². The summed E-state index contributed by atoms with van der Waals surface area (Å²) in [5, 5.41) is 0. The number of likely N-dealkylation sites (tertiary alicyclic amines) is 1. The molecular weight excluding hydrogens is 427 g/mol. The van der Waals surface area contributed by atoms with Gasteiger partial charge in [-0.3, -0.25) is 14.4 Å². The number of furan rings is 1. The monoisotopic (exact) mass is 457 g/mol. The fourth-order valence-corrected chi connectivity index (χ4v) is 3.62. The Bertz CT molecular complexity index is 854. The van der Waals surface area contributed by atoms with E-state index < -0.39 is 23.1 Å². The van der Waals surface area contributed by atoms with E-state index >= 15 is 0 Å². The molecule has 32 heavy (non-hydrogen) atoms. The molecule has 0 atom stereocenters. The molecule has 0 saturated carbocycles. The maximum atomic E-state index is 12.7. The van der Waals surface area contributed by atoms with Gasteiger partial charge in [0, 0.05) is 36.9 Å². The summed E-state index contributed by atoms with van der Waals surface area (Å²) in [5.74, 6) is -2.40. The molecule has 0 N–H and O–H groups in total. The van der Waals surface area contributed by atoms with Crippen molar-refractivity contribution in [3.8, 4) is 0 Å². The second kappa shape index (κ2) is 10.8. The van der Waals surface area contributed by atoms with Gasteiger partial charge >= 0.3 is 12.1 Å². The van der Waals surface area contributed by atoms with Crippen molar-refractivity contribution in [2.24, 2.45) is 5.41 Å². The number of amides is 1. The number of carbonyl (C=O) groups is 3. The van der Waals surface area contributed by atoms with Crippen LogP contribution in [0.25, 0.3) is 0 Å². The third kappa shape index (κ3) is 6.97. The van der Waals surface area contributed by atoms with Gasteiger partial charge in [-0.2, -0.15) is 13.2 Å². The van der Waals surface area contributed by atoms with E-state index in [0.29, 0.717) is 31.7 Å². The first kappa shape index (κ1) is 25.7. The van der Waals surface area contributed by atoms with Crippen molar-refractivity contribution < 1.29 is 36.7 Å². The number of alkyl halides is 3. The van der Waals surface area contributed by atoms with E-state index in [1.165, 1.54) is 0 Å². The van der Waals surface area contributed by atoms with Gasteiger partial charge in [-0.15, -0.1) is 0 Å². The quantitative estimate of drug-likeness (QED) is 0.248. The Hall–Kier alpha value is -2.58. The molecular formula is C23H30F3NO5. The molecule has 178 valence electrons. The van der Waals surface area contributed by atoms with Crippen molar-refractivity contribution in [2.45, 2.75) is 71.9 Å². The van der Waals surface area contributed by atoms with Crippen LogP contribution in [0.2, 0.25) is 0 Å². The summed E-state index contributed by atoms with van der Waals surface area (Å²) in [6, 6.07) is 1.75. The molecule has 0 spiro atoms. The minimum atomic E-state index is -4.65. The van der Waals surface area contributed by atoms with Crippen molar-refractivity contribution >= 4 is 17.7 Å². The highest BCUT2D eigenvalue weighted by Crippen LogP contribution is 2.38. The fourth-order valence-electron chi connectivity index (χ4n) is 3.62. The molecule has 1 aliphatic rings. The summed E-state index contributed by atoms with van der Waals surface area (Å²) in [6.45, 7) is 6.27. The average molecular weight is 457 g/mol. The zero-order chi connectivity index (χ0) is 23.9. The van der Waals surface area contributed by atoms with E-state index in [4.69, 9.17) is 4.74 Å². The first-order chi connectivity index (χ1) is 15.0. The summed E-state index contributed by atoms with van der Waals surface area (Å²) in [6.07, 6.45) is 0.760. The van der Waals surface area contributed by atoms with Crippen molar-refractivity contribution in [3.63, 3.8) is 0 Å². The van der Waals surface area contributed by atoms with E-state index in [0.717, 1.165) is 37.8 Å². The van der Waals surface area contributed by atoms with Crippen LogP contribution in [0.4, 0.5) is 13.2 Å².